The van der Waals surface area contributed by atoms with E-state index >= 15 is 0 Å². The highest BCUT2D eigenvalue weighted by Crippen LogP contribution is 2.30. The van der Waals surface area contributed by atoms with Gasteiger partial charge >= 0.3 is 0 Å². The molecule has 6 heterocycles. The number of amides is 1. The van der Waals surface area contributed by atoms with Gasteiger partial charge in [0.25, 0.3) is 0 Å². The predicted molar refractivity (Wildman–Crippen MR) is 157 cm³/mol. The molecule has 0 bridgehead atoms. The Labute approximate surface area is 232 Å². The molecule has 0 aliphatic carbocycles. The third kappa shape index (κ3) is 5.37. The van der Waals surface area contributed by atoms with Crippen molar-refractivity contribution in [2.45, 2.75) is 32.7 Å². The minimum absolute atomic E-state index is 0.00275. The SMILES string of the molecule is CCCCC(=O)Nc1cncc(-c2cnc3c(c2)C(c2cc4c(-c5ccncc5)cncc4[nH]2)=NCCNC3)c1. The number of fused-ring (bicyclic) bond motifs is 2. The molecule has 200 valence electrons. The molecule has 9 heteroatoms. The number of carbonyl (C=O) groups is 1. The fraction of sp³-hybridized carbons (Fsp3) is 0.226. The van der Waals surface area contributed by atoms with Crippen molar-refractivity contribution in [3.63, 3.8) is 0 Å². The molecule has 0 aromatic carbocycles. The van der Waals surface area contributed by atoms with Crippen LogP contribution in [0.4, 0.5) is 5.69 Å². The van der Waals surface area contributed by atoms with E-state index < -0.39 is 0 Å². The summed E-state index contributed by atoms with van der Waals surface area (Å²) in [5, 5.41) is 7.46. The van der Waals surface area contributed by atoms with Gasteiger partial charge < -0.3 is 15.6 Å². The van der Waals surface area contributed by atoms with Crippen LogP contribution in [0, 0.1) is 0 Å². The van der Waals surface area contributed by atoms with Crippen molar-refractivity contribution in [3.05, 3.63) is 90.7 Å². The summed E-state index contributed by atoms with van der Waals surface area (Å²) in [6, 6.07) is 10.2. The van der Waals surface area contributed by atoms with Crippen LogP contribution in [0.25, 0.3) is 33.2 Å². The van der Waals surface area contributed by atoms with Crippen LogP contribution in [0.5, 0.6) is 0 Å². The molecular weight excluding hydrogens is 500 g/mol. The Morgan fingerprint density at radius 2 is 1.77 bits per heavy atom. The number of aromatic nitrogens is 5. The van der Waals surface area contributed by atoms with E-state index in [2.05, 4.69) is 49.6 Å². The van der Waals surface area contributed by atoms with Gasteiger partial charge in [-0.2, -0.15) is 0 Å². The van der Waals surface area contributed by atoms with Crippen LogP contribution in [0.1, 0.15) is 43.1 Å². The van der Waals surface area contributed by atoms with E-state index in [1.807, 2.05) is 36.8 Å². The minimum atomic E-state index is -0.00275. The molecule has 5 aromatic rings. The Hall–Kier alpha value is -4.76. The molecule has 0 unspecified atom stereocenters. The maximum Gasteiger partial charge on any atom is 0.224 e. The van der Waals surface area contributed by atoms with Gasteiger partial charge in [0.05, 0.1) is 47.2 Å². The first kappa shape index (κ1) is 25.5. The number of aromatic amines is 1. The van der Waals surface area contributed by atoms with Crippen LogP contribution in [0.2, 0.25) is 0 Å². The van der Waals surface area contributed by atoms with Gasteiger partial charge in [0.15, 0.2) is 0 Å². The van der Waals surface area contributed by atoms with Crippen LogP contribution < -0.4 is 10.6 Å². The summed E-state index contributed by atoms with van der Waals surface area (Å²) in [6.07, 6.45) is 15.0. The number of aliphatic imine (C=N–C) groups is 1. The van der Waals surface area contributed by atoms with Crippen molar-refractivity contribution in [1.29, 1.82) is 0 Å². The number of nitrogens with zero attached hydrogens (tertiary/aromatic N) is 5. The molecule has 0 saturated carbocycles. The number of pyridine rings is 4. The molecule has 40 heavy (non-hydrogen) atoms. The first-order valence-corrected chi connectivity index (χ1v) is 13.6. The normalized spacial score (nSPS) is 13.3. The van der Waals surface area contributed by atoms with Crippen molar-refractivity contribution in [1.82, 2.24) is 30.2 Å². The maximum absolute atomic E-state index is 12.3. The van der Waals surface area contributed by atoms with Gasteiger partial charge in [-0.15, -0.1) is 0 Å². The lowest BCUT2D eigenvalue weighted by Crippen LogP contribution is -2.24. The molecule has 0 saturated heterocycles. The number of H-pyrrole nitrogens is 1. The monoisotopic (exact) mass is 530 g/mol. The molecule has 6 rings (SSSR count). The average Bonchev–Trinajstić information content (AvgIpc) is 3.41. The van der Waals surface area contributed by atoms with E-state index in [4.69, 9.17) is 9.98 Å². The summed E-state index contributed by atoms with van der Waals surface area (Å²) in [6.45, 7) is 4.12. The first-order chi connectivity index (χ1) is 19.7. The number of unbranched alkanes of at least 4 members (excludes halogenated alkanes) is 1. The summed E-state index contributed by atoms with van der Waals surface area (Å²) in [5.41, 5.74) is 9.12. The standard InChI is InChI=1S/C31H30N8O/c1-2-3-4-30(40)38-23-11-21(14-34-16-23)22-12-25-28(37-15-22)18-33-9-10-36-31(25)27-13-24-26(17-35-19-29(24)39-27)20-5-7-32-8-6-20/h5-8,11-17,19,33,39H,2-4,9-10,18H2,1H3,(H,38,40). The topological polar surface area (TPSA) is 121 Å². The van der Waals surface area contributed by atoms with Crippen molar-refractivity contribution in [3.8, 4) is 22.3 Å². The van der Waals surface area contributed by atoms with Crippen LogP contribution >= 0.6 is 0 Å². The van der Waals surface area contributed by atoms with Gasteiger partial charge in [-0.05, 0) is 42.3 Å². The summed E-state index contributed by atoms with van der Waals surface area (Å²) in [5.74, 6) is -0.00275. The van der Waals surface area contributed by atoms with Gasteiger partial charge in [-0.3, -0.25) is 29.7 Å². The van der Waals surface area contributed by atoms with Gasteiger partial charge in [0.1, 0.15) is 0 Å². The van der Waals surface area contributed by atoms with E-state index in [-0.39, 0.29) is 5.91 Å². The highest BCUT2D eigenvalue weighted by Gasteiger charge is 2.19. The zero-order chi connectivity index (χ0) is 27.3. The third-order valence-electron chi connectivity index (χ3n) is 6.98. The van der Waals surface area contributed by atoms with E-state index in [1.54, 1.807) is 24.8 Å². The zero-order valence-corrected chi connectivity index (χ0v) is 22.3. The third-order valence-corrected chi connectivity index (χ3v) is 6.98. The van der Waals surface area contributed by atoms with E-state index in [0.29, 0.717) is 25.2 Å². The van der Waals surface area contributed by atoms with Gasteiger partial charge in [0.2, 0.25) is 5.91 Å². The predicted octanol–water partition coefficient (Wildman–Crippen LogP) is 5.15. The van der Waals surface area contributed by atoms with E-state index in [0.717, 1.165) is 75.2 Å². The van der Waals surface area contributed by atoms with Crippen molar-refractivity contribution < 1.29 is 4.79 Å². The molecule has 0 radical (unpaired) electrons. The second kappa shape index (κ2) is 11.5. The minimum Gasteiger partial charge on any atom is -0.352 e. The molecule has 0 atom stereocenters. The smallest absolute Gasteiger partial charge is 0.224 e. The van der Waals surface area contributed by atoms with Gasteiger partial charge in [-0.1, -0.05) is 13.3 Å². The van der Waals surface area contributed by atoms with Crippen LogP contribution in [0.15, 0.2) is 78.7 Å². The van der Waals surface area contributed by atoms with Crippen LogP contribution in [0.3, 0.4) is 0 Å². The highest BCUT2D eigenvalue weighted by atomic mass is 16.1. The molecular formula is C31H30N8O. The summed E-state index contributed by atoms with van der Waals surface area (Å²) in [7, 11) is 0. The second-order valence-electron chi connectivity index (χ2n) is 9.81. The molecule has 9 nitrogen and oxygen atoms in total. The second-order valence-corrected chi connectivity index (χ2v) is 9.81. The fourth-order valence-electron chi connectivity index (χ4n) is 4.93. The van der Waals surface area contributed by atoms with Crippen molar-refractivity contribution >= 4 is 28.2 Å². The zero-order valence-electron chi connectivity index (χ0n) is 22.3. The molecule has 1 aliphatic rings. The van der Waals surface area contributed by atoms with E-state index in [9.17, 15) is 4.79 Å². The van der Waals surface area contributed by atoms with Crippen molar-refractivity contribution in [2.75, 3.05) is 18.4 Å². The van der Waals surface area contributed by atoms with Crippen molar-refractivity contribution in [2.24, 2.45) is 4.99 Å². The molecule has 1 amide bonds. The number of anilines is 1. The average molecular weight is 531 g/mol. The summed E-state index contributed by atoms with van der Waals surface area (Å²) >= 11 is 0. The molecule has 3 N–H and O–H groups in total. The van der Waals surface area contributed by atoms with E-state index in [1.165, 1.54) is 0 Å². The van der Waals surface area contributed by atoms with Gasteiger partial charge in [0, 0.05) is 78.1 Å². The number of carbonyl (C=O) groups excluding carboxylic acids is 1. The quantitative estimate of drug-likeness (QED) is 0.268. The molecule has 5 aromatic heterocycles. The largest absolute Gasteiger partial charge is 0.352 e. The van der Waals surface area contributed by atoms with Gasteiger partial charge in [-0.25, -0.2) is 0 Å². The number of nitrogens with one attached hydrogen (secondary N) is 3. The highest BCUT2D eigenvalue weighted by molar-refractivity contribution is 6.15. The number of hydrogen-bond donors (Lipinski definition) is 3. The fourth-order valence-corrected chi connectivity index (χ4v) is 4.93. The lowest BCUT2D eigenvalue weighted by molar-refractivity contribution is -0.116. The molecule has 0 fully saturated rings. The molecule has 0 spiro atoms. The Balaban J connectivity index is 1.39. The maximum atomic E-state index is 12.3. The Morgan fingerprint density at radius 3 is 2.65 bits per heavy atom. The lowest BCUT2D eigenvalue weighted by Gasteiger charge is -2.16. The molecule has 1 aliphatic heterocycles. The summed E-state index contributed by atoms with van der Waals surface area (Å²) in [4.78, 5) is 38.7. The number of hydrogen-bond acceptors (Lipinski definition) is 7. The summed E-state index contributed by atoms with van der Waals surface area (Å²) < 4.78 is 0. The Bertz CT molecular complexity index is 1690. The Kier molecular flexibility index (Phi) is 7.37. The van der Waals surface area contributed by atoms with Crippen LogP contribution in [-0.2, 0) is 11.3 Å². The Morgan fingerprint density at radius 1 is 0.925 bits per heavy atom. The lowest BCUT2D eigenvalue weighted by atomic mass is 9.99. The van der Waals surface area contributed by atoms with Crippen LogP contribution in [-0.4, -0.2) is 49.6 Å². The number of rotatable bonds is 7. The first-order valence-electron chi connectivity index (χ1n) is 13.6.